The van der Waals surface area contributed by atoms with Gasteiger partial charge in [-0.2, -0.15) is 0 Å². The third-order valence-electron chi connectivity index (χ3n) is 3.08. The first-order valence-electron chi connectivity index (χ1n) is 5.90. The molecular formula is C13H19N3O. The van der Waals surface area contributed by atoms with Crippen LogP contribution in [-0.4, -0.2) is 37.0 Å². The average molecular weight is 233 g/mol. The molecule has 1 amide bonds. The number of hydrogen-bond acceptors (Lipinski definition) is 3. The van der Waals surface area contributed by atoms with E-state index in [2.05, 4.69) is 5.32 Å². The van der Waals surface area contributed by atoms with Crippen LogP contribution in [0.1, 0.15) is 23.2 Å². The lowest BCUT2D eigenvalue weighted by molar-refractivity contribution is 0.0827. The second-order valence-electron chi connectivity index (χ2n) is 4.85. The van der Waals surface area contributed by atoms with Crippen LogP contribution in [0.3, 0.4) is 0 Å². The zero-order valence-corrected chi connectivity index (χ0v) is 10.3. The molecule has 0 aromatic heterocycles. The number of hydrogen-bond donors (Lipinski definition) is 2. The van der Waals surface area contributed by atoms with Crippen molar-refractivity contribution in [1.29, 1.82) is 0 Å². The quantitative estimate of drug-likeness (QED) is 0.827. The van der Waals surface area contributed by atoms with Gasteiger partial charge in [0.05, 0.1) is 0 Å². The van der Waals surface area contributed by atoms with Gasteiger partial charge in [0.1, 0.15) is 0 Å². The third kappa shape index (κ3) is 2.77. The number of anilines is 1. The van der Waals surface area contributed by atoms with E-state index in [9.17, 15) is 4.79 Å². The molecule has 1 aromatic rings. The van der Waals surface area contributed by atoms with E-state index in [0.717, 1.165) is 18.5 Å². The Morgan fingerprint density at radius 1 is 1.29 bits per heavy atom. The second kappa shape index (κ2) is 4.75. The summed E-state index contributed by atoms with van der Waals surface area (Å²) in [6.45, 7) is 0. The van der Waals surface area contributed by atoms with Crippen LogP contribution in [0.2, 0.25) is 0 Å². The topological polar surface area (TPSA) is 58.4 Å². The van der Waals surface area contributed by atoms with Crippen LogP contribution in [-0.2, 0) is 0 Å². The summed E-state index contributed by atoms with van der Waals surface area (Å²) in [4.78, 5) is 13.3. The van der Waals surface area contributed by atoms with Crippen LogP contribution in [0.15, 0.2) is 24.3 Å². The van der Waals surface area contributed by atoms with Crippen molar-refractivity contribution in [2.24, 2.45) is 5.73 Å². The van der Waals surface area contributed by atoms with Gasteiger partial charge in [0.2, 0.25) is 0 Å². The van der Waals surface area contributed by atoms with Crippen LogP contribution in [0.4, 0.5) is 5.69 Å². The van der Waals surface area contributed by atoms with Crippen molar-refractivity contribution in [3.63, 3.8) is 0 Å². The van der Waals surface area contributed by atoms with Gasteiger partial charge in [-0.05, 0) is 37.1 Å². The van der Waals surface area contributed by atoms with Gasteiger partial charge in [0, 0.05) is 37.4 Å². The van der Waals surface area contributed by atoms with E-state index in [1.165, 1.54) is 0 Å². The maximum Gasteiger partial charge on any atom is 0.253 e. The van der Waals surface area contributed by atoms with E-state index in [0.29, 0.717) is 17.6 Å². The predicted molar refractivity (Wildman–Crippen MR) is 69.1 cm³/mol. The number of carbonyl (C=O) groups excluding carboxylic acids is 1. The van der Waals surface area contributed by atoms with Gasteiger partial charge >= 0.3 is 0 Å². The van der Waals surface area contributed by atoms with Gasteiger partial charge < -0.3 is 16.0 Å². The lowest BCUT2D eigenvalue weighted by atomic mass is 9.87. The van der Waals surface area contributed by atoms with Crippen LogP contribution in [0, 0.1) is 0 Å². The van der Waals surface area contributed by atoms with E-state index in [4.69, 9.17) is 5.73 Å². The fraction of sp³-hybridized carbons (Fsp3) is 0.462. The van der Waals surface area contributed by atoms with Crippen LogP contribution in [0.25, 0.3) is 0 Å². The van der Waals surface area contributed by atoms with Crippen molar-refractivity contribution in [3.05, 3.63) is 29.8 Å². The number of benzene rings is 1. The molecule has 0 unspecified atom stereocenters. The van der Waals surface area contributed by atoms with Gasteiger partial charge in [-0.15, -0.1) is 0 Å². The molecule has 1 fully saturated rings. The third-order valence-corrected chi connectivity index (χ3v) is 3.08. The highest BCUT2D eigenvalue weighted by molar-refractivity contribution is 5.94. The molecule has 0 aliphatic heterocycles. The fourth-order valence-corrected chi connectivity index (χ4v) is 1.98. The molecule has 2 rings (SSSR count). The summed E-state index contributed by atoms with van der Waals surface area (Å²) < 4.78 is 0. The minimum absolute atomic E-state index is 0.0298. The summed E-state index contributed by atoms with van der Waals surface area (Å²) in [7, 11) is 3.51. The number of nitrogens with two attached hydrogens (primary N) is 1. The number of nitrogens with zero attached hydrogens (tertiary/aromatic N) is 1. The minimum atomic E-state index is 0.0298. The van der Waals surface area contributed by atoms with Crippen molar-refractivity contribution < 1.29 is 4.79 Å². The first kappa shape index (κ1) is 11.9. The molecule has 4 nitrogen and oxygen atoms in total. The largest absolute Gasteiger partial charge is 0.382 e. The first-order chi connectivity index (χ1) is 8.06. The van der Waals surface area contributed by atoms with Crippen molar-refractivity contribution in [3.8, 4) is 0 Å². The Hall–Kier alpha value is -1.55. The molecule has 1 aliphatic rings. The molecule has 0 saturated heterocycles. The molecule has 0 atom stereocenters. The SMILES string of the molecule is CN(C)C(=O)c1ccc(NC2CC(N)C2)cc1. The van der Waals surface area contributed by atoms with Gasteiger partial charge in [-0.3, -0.25) is 4.79 Å². The fourth-order valence-electron chi connectivity index (χ4n) is 1.98. The highest BCUT2D eigenvalue weighted by Crippen LogP contribution is 2.22. The van der Waals surface area contributed by atoms with Crippen molar-refractivity contribution in [1.82, 2.24) is 4.90 Å². The Balaban J connectivity index is 1.96. The molecule has 0 radical (unpaired) electrons. The Bertz CT molecular complexity index is 394. The average Bonchev–Trinajstić information content (AvgIpc) is 2.27. The zero-order valence-electron chi connectivity index (χ0n) is 10.3. The lowest BCUT2D eigenvalue weighted by Gasteiger charge is -2.33. The van der Waals surface area contributed by atoms with E-state index in [-0.39, 0.29) is 5.91 Å². The second-order valence-corrected chi connectivity index (χ2v) is 4.85. The summed E-state index contributed by atoms with van der Waals surface area (Å²) in [5, 5.41) is 3.40. The van der Waals surface area contributed by atoms with Crippen LogP contribution in [0.5, 0.6) is 0 Å². The Kier molecular flexibility index (Phi) is 3.33. The van der Waals surface area contributed by atoms with Gasteiger partial charge in [0.15, 0.2) is 0 Å². The monoisotopic (exact) mass is 233 g/mol. The zero-order chi connectivity index (χ0) is 12.4. The van der Waals surface area contributed by atoms with Gasteiger partial charge in [-0.1, -0.05) is 0 Å². The molecule has 1 aliphatic carbocycles. The molecule has 4 heteroatoms. The summed E-state index contributed by atoms with van der Waals surface area (Å²) >= 11 is 0. The summed E-state index contributed by atoms with van der Waals surface area (Å²) in [6.07, 6.45) is 2.05. The number of amides is 1. The maximum absolute atomic E-state index is 11.7. The minimum Gasteiger partial charge on any atom is -0.382 e. The number of rotatable bonds is 3. The van der Waals surface area contributed by atoms with Crippen molar-refractivity contribution >= 4 is 11.6 Å². The molecule has 0 heterocycles. The van der Waals surface area contributed by atoms with E-state index in [1.54, 1.807) is 19.0 Å². The van der Waals surface area contributed by atoms with E-state index >= 15 is 0 Å². The molecular weight excluding hydrogens is 214 g/mol. The first-order valence-corrected chi connectivity index (χ1v) is 5.90. The standard InChI is InChI=1S/C13H19N3O/c1-16(2)13(17)9-3-5-11(6-4-9)15-12-7-10(14)8-12/h3-6,10,12,15H,7-8,14H2,1-2H3. The molecule has 3 N–H and O–H groups in total. The Morgan fingerprint density at radius 3 is 2.35 bits per heavy atom. The highest BCUT2D eigenvalue weighted by Gasteiger charge is 2.25. The van der Waals surface area contributed by atoms with Crippen molar-refractivity contribution in [2.45, 2.75) is 24.9 Å². The molecule has 1 saturated carbocycles. The normalized spacial score (nSPS) is 22.8. The molecule has 92 valence electrons. The van der Waals surface area contributed by atoms with Gasteiger partial charge in [0.25, 0.3) is 5.91 Å². The summed E-state index contributed by atoms with van der Waals surface area (Å²) in [5.74, 6) is 0.0298. The highest BCUT2D eigenvalue weighted by atomic mass is 16.2. The summed E-state index contributed by atoms with van der Waals surface area (Å²) in [6, 6.07) is 8.43. The van der Waals surface area contributed by atoms with Gasteiger partial charge in [-0.25, -0.2) is 0 Å². The maximum atomic E-state index is 11.7. The Morgan fingerprint density at radius 2 is 1.88 bits per heavy atom. The number of nitrogens with one attached hydrogen (secondary N) is 1. The summed E-state index contributed by atoms with van der Waals surface area (Å²) in [5.41, 5.74) is 7.50. The molecule has 0 bridgehead atoms. The van der Waals surface area contributed by atoms with E-state index in [1.807, 2.05) is 24.3 Å². The molecule has 0 spiro atoms. The van der Waals surface area contributed by atoms with Crippen molar-refractivity contribution in [2.75, 3.05) is 19.4 Å². The molecule has 1 aromatic carbocycles. The van der Waals surface area contributed by atoms with E-state index < -0.39 is 0 Å². The Labute approximate surface area is 102 Å². The predicted octanol–water partition coefficient (Wildman–Crippen LogP) is 1.29. The smallest absolute Gasteiger partial charge is 0.253 e. The lowest BCUT2D eigenvalue weighted by Crippen LogP contribution is -2.44. The van der Waals surface area contributed by atoms with Crippen LogP contribution < -0.4 is 11.1 Å². The molecule has 17 heavy (non-hydrogen) atoms. The van der Waals surface area contributed by atoms with Crippen LogP contribution >= 0.6 is 0 Å². The number of carbonyl (C=O) groups is 1.